The summed E-state index contributed by atoms with van der Waals surface area (Å²) in [4.78, 5) is 24.7. The second-order valence-electron chi connectivity index (χ2n) is 6.15. The number of anilines is 1. The second kappa shape index (κ2) is 9.22. The van der Waals surface area contributed by atoms with Gasteiger partial charge < -0.3 is 20.6 Å². The van der Waals surface area contributed by atoms with Gasteiger partial charge in [0.15, 0.2) is 0 Å². The van der Waals surface area contributed by atoms with E-state index in [4.69, 9.17) is 5.11 Å². The monoisotopic (exact) mass is 337 g/mol. The third kappa shape index (κ3) is 6.54. The number of carbonyl (C=O) groups is 2. The molecular formula is C17H24FN3O3. The highest BCUT2D eigenvalue weighted by molar-refractivity contribution is 5.89. The minimum atomic E-state index is -0.765. The van der Waals surface area contributed by atoms with E-state index in [9.17, 15) is 14.0 Å². The van der Waals surface area contributed by atoms with Crippen molar-refractivity contribution in [2.24, 2.45) is 5.92 Å². The maximum Gasteiger partial charge on any atom is 0.319 e. The number of carboxylic acid groups (broad SMARTS) is 1. The van der Waals surface area contributed by atoms with Gasteiger partial charge in [-0.05, 0) is 56.5 Å². The molecule has 1 atom stereocenters. The molecule has 132 valence electrons. The van der Waals surface area contributed by atoms with Crippen molar-refractivity contribution in [1.29, 1.82) is 0 Å². The predicted molar refractivity (Wildman–Crippen MR) is 89.5 cm³/mol. The average Bonchev–Trinajstić information content (AvgIpc) is 2.53. The Morgan fingerprint density at radius 1 is 1.38 bits per heavy atom. The lowest BCUT2D eigenvalue weighted by Gasteiger charge is -2.32. The van der Waals surface area contributed by atoms with E-state index in [0.29, 0.717) is 24.6 Å². The Morgan fingerprint density at radius 2 is 2.21 bits per heavy atom. The summed E-state index contributed by atoms with van der Waals surface area (Å²) in [6.45, 7) is 3.17. The first-order chi connectivity index (χ1) is 11.5. The lowest BCUT2D eigenvalue weighted by molar-refractivity contribution is -0.137. The van der Waals surface area contributed by atoms with E-state index in [-0.39, 0.29) is 12.5 Å². The molecule has 0 spiro atoms. The summed E-state index contributed by atoms with van der Waals surface area (Å²) >= 11 is 0. The van der Waals surface area contributed by atoms with Crippen LogP contribution >= 0.6 is 0 Å². The Balaban J connectivity index is 1.69. The Labute approximate surface area is 141 Å². The molecule has 0 bridgehead atoms. The molecule has 1 heterocycles. The molecule has 24 heavy (non-hydrogen) atoms. The van der Waals surface area contributed by atoms with E-state index in [0.717, 1.165) is 32.5 Å². The largest absolute Gasteiger partial charge is 0.481 e. The standard InChI is InChI=1S/C17H24FN3O3/c18-14-5-1-6-15(10-14)20-17(24)19-11-13-4-2-8-21(12-13)9-3-7-16(22)23/h1,5-6,10,13H,2-4,7-9,11-12H2,(H,22,23)(H2,19,20,24). The number of benzene rings is 1. The maximum absolute atomic E-state index is 13.1. The van der Waals surface area contributed by atoms with Crippen LogP contribution in [0.5, 0.6) is 0 Å². The quantitative estimate of drug-likeness (QED) is 0.714. The number of amides is 2. The fourth-order valence-corrected chi connectivity index (χ4v) is 2.95. The van der Waals surface area contributed by atoms with E-state index >= 15 is 0 Å². The van der Waals surface area contributed by atoms with Crippen LogP contribution in [0.1, 0.15) is 25.7 Å². The van der Waals surface area contributed by atoms with Gasteiger partial charge in [-0.2, -0.15) is 0 Å². The zero-order valence-electron chi connectivity index (χ0n) is 13.6. The van der Waals surface area contributed by atoms with Crippen LogP contribution in [0.15, 0.2) is 24.3 Å². The van der Waals surface area contributed by atoms with Gasteiger partial charge in [-0.1, -0.05) is 6.07 Å². The van der Waals surface area contributed by atoms with Crippen molar-refractivity contribution in [3.05, 3.63) is 30.1 Å². The third-order valence-electron chi connectivity index (χ3n) is 4.10. The number of rotatable bonds is 7. The van der Waals surface area contributed by atoms with Gasteiger partial charge in [0.1, 0.15) is 5.82 Å². The number of carbonyl (C=O) groups excluding carboxylic acids is 1. The number of halogens is 1. The van der Waals surface area contributed by atoms with Crippen molar-refractivity contribution in [2.45, 2.75) is 25.7 Å². The zero-order chi connectivity index (χ0) is 17.4. The molecule has 1 unspecified atom stereocenters. The van der Waals surface area contributed by atoms with Crippen molar-refractivity contribution in [1.82, 2.24) is 10.2 Å². The summed E-state index contributed by atoms with van der Waals surface area (Å²) < 4.78 is 13.1. The number of aliphatic carboxylic acids is 1. The van der Waals surface area contributed by atoms with Crippen molar-refractivity contribution in [2.75, 3.05) is 31.5 Å². The van der Waals surface area contributed by atoms with Crippen LogP contribution in [0.25, 0.3) is 0 Å². The van der Waals surface area contributed by atoms with Gasteiger partial charge in [0, 0.05) is 25.2 Å². The van der Waals surface area contributed by atoms with Gasteiger partial charge in [0.25, 0.3) is 0 Å². The Bertz CT molecular complexity index is 568. The molecule has 6 nitrogen and oxygen atoms in total. The van der Waals surface area contributed by atoms with Crippen LogP contribution in [0.2, 0.25) is 0 Å². The molecule has 0 aromatic heterocycles. The summed E-state index contributed by atoms with van der Waals surface area (Å²) in [5.41, 5.74) is 0.423. The van der Waals surface area contributed by atoms with Crippen LogP contribution in [-0.2, 0) is 4.79 Å². The Morgan fingerprint density at radius 3 is 2.96 bits per heavy atom. The number of carboxylic acids is 1. The number of likely N-dealkylation sites (tertiary alicyclic amines) is 1. The predicted octanol–water partition coefficient (Wildman–Crippen LogP) is 2.52. The number of urea groups is 1. The van der Waals surface area contributed by atoms with Crippen LogP contribution in [0.3, 0.4) is 0 Å². The number of hydrogen-bond donors (Lipinski definition) is 3. The van der Waals surface area contributed by atoms with E-state index in [1.807, 2.05) is 0 Å². The molecule has 1 aliphatic heterocycles. The Hall–Kier alpha value is -2.15. The first-order valence-corrected chi connectivity index (χ1v) is 8.27. The SMILES string of the molecule is O=C(O)CCCN1CCCC(CNC(=O)Nc2cccc(F)c2)C1. The van der Waals surface area contributed by atoms with E-state index in [1.54, 1.807) is 12.1 Å². The average molecular weight is 337 g/mol. The number of nitrogens with zero attached hydrogens (tertiary/aromatic N) is 1. The molecule has 3 N–H and O–H groups in total. The lowest BCUT2D eigenvalue weighted by Crippen LogP contribution is -2.42. The molecule has 7 heteroatoms. The highest BCUT2D eigenvalue weighted by Gasteiger charge is 2.20. The van der Waals surface area contributed by atoms with Crippen molar-refractivity contribution < 1.29 is 19.1 Å². The summed E-state index contributed by atoms with van der Waals surface area (Å²) in [6.07, 6.45) is 2.92. The van der Waals surface area contributed by atoms with Crippen molar-refractivity contribution >= 4 is 17.7 Å². The van der Waals surface area contributed by atoms with Gasteiger partial charge in [-0.3, -0.25) is 4.79 Å². The molecule has 1 saturated heterocycles. The molecule has 1 aliphatic rings. The summed E-state index contributed by atoms with van der Waals surface area (Å²) in [5.74, 6) is -0.807. The second-order valence-corrected chi connectivity index (χ2v) is 6.15. The normalized spacial score (nSPS) is 18.1. The molecule has 0 aliphatic carbocycles. The third-order valence-corrected chi connectivity index (χ3v) is 4.10. The molecule has 0 radical (unpaired) electrons. The topological polar surface area (TPSA) is 81.7 Å². The first kappa shape index (κ1) is 18.2. The van der Waals surface area contributed by atoms with Gasteiger partial charge in [0.2, 0.25) is 0 Å². The van der Waals surface area contributed by atoms with Gasteiger partial charge in [-0.15, -0.1) is 0 Å². The van der Waals surface area contributed by atoms with E-state index in [1.165, 1.54) is 12.1 Å². The Kier molecular flexibility index (Phi) is 6.99. The molecule has 2 rings (SSSR count). The molecule has 1 fully saturated rings. The van der Waals surface area contributed by atoms with Gasteiger partial charge in [-0.25, -0.2) is 9.18 Å². The lowest BCUT2D eigenvalue weighted by atomic mass is 9.98. The summed E-state index contributed by atoms with van der Waals surface area (Å²) in [7, 11) is 0. The van der Waals surface area contributed by atoms with Gasteiger partial charge >= 0.3 is 12.0 Å². The highest BCUT2D eigenvalue weighted by Crippen LogP contribution is 2.16. The fraction of sp³-hybridized carbons (Fsp3) is 0.529. The summed E-state index contributed by atoms with van der Waals surface area (Å²) in [6, 6.07) is 5.42. The maximum atomic E-state index is 13.1. The minimum Gasteiger partial charge on any atom is -0.481 e. The minimum absolute atomic E-state index is 0.190. The number of piperidine rings is 1. The number of hydrogen-bond acceptors (Lipinski definition) is 3. The van der Waals surface area contributed by atoms with Crippen molar-refractivity contribution in [3.63, 3.8) is 0 Å². The zero-order valence-corrected chi connectivity index (χ0v) is 13.6. The highest BCUT2D eigenvalue weighted by atomic mass is 19.1. The van der Waals surface area contributed by atoms with Crippen LogP contribution < -0.4 is 10.6 Å². The summed E-state index contributed by atoms with van der Waals surface area (Å²) in [5, 5.41) is 14.1. The van der Waals surface area contributed by atoms with Crippen LogP contribution in [0, 0.1) is 11.7 Å². The van der Waals surface area contributed by atoms with Gasteiger partial charge in [0.05, 0.1) is 0 Å². The van der Waals surface area contributed by atoms with Crippen molar-refractivity contribution in [3.8, 4) is 0 Å². The smallest absolute Gasteiger partial charge is 0.319 e. The molecule has 2 amide bonds. The van der Waals surface area contributed by atoms with Crippen LogP contribution in [0.4, 0.5) is 14.9 Å². The molecular weight excluding hydrogens is 313 g/mol. The fourth-order valence-electron chi connectivity index (χ4n) is 2.95. The first-order valence-electron chi connectivity index (χ1n) is 8.27. The molecule has 1 aromatic carbocycles. The molecule has 1 aromatic rings. The molecule has 0 saturated carbocycles. The number of nitrogens with one attached hydrogen (secondary N) is 2. The van der Waals surface area contributed by atoms with E-state index < -0.39 is 11.8 Å². The van der Waals surface area contributed by atoms with E-state index in [2.05, 4.69) is 15.5 Å². The van der Waals surface area contributed by atoms with Crippen LogP contribution in [-0.4, -0.2) is 48.2 Å².